The van der Waals surface area contributed by atoms with Gasteiger partial charge in [0.2, 0.25) is 0 Å². The third-order valence-corrected chi connectivity index (χ3v) is 1.51. The number of carbonyl (C=O) groups is 2. The number of rotatable bonds is 3. The van der Waals surface area contributed by atoms with Crippen molar-refractivity contribution >= 4 is 11.6 Å². The van der Waals surface area contributed by atoms with E-state index >= 15 is 0 Å². The van der Waals surface area contributed by atoms with Crippen molar-refractivity contribution in [2.24, 2.45) is 0 Å². The van der Waals surface area contributed by atoms with Crippen LogP contribution in [0.5, 0.6) is 0 Å². The zero-order valence-corrected chi connectivity index (χ0v) is 9.91. The quantitative estimate of drug-likeness (QED) is 0.338. The summed E-state index contributed by atoms with van der Waals surface area (Å²) in [7, 11) is 0. The van der Waals surface area contributed by atoms with Crippen molar-refractivity contribution in [2.75, 3.05) is 0 Å². The summed E-state index contributed by atoms with van der Waals surface area (Å²) in [6.07, 6.45) is 0.00398. The van der Waals surface area contributed by atoms with Crippen molar-refractivity contribution in [3.63, 3.8) is 0 Å². The van der Waals surface area contributed by atoms with Crippen LogP contribution in [0.1, 0.15) is 23.7 Å². The summed E-state index contributed by atoms with van der Waals surface area (Å²) >= 11 is 0. The van der Waals surface area contributed by atoms with Gasteiger partial charge in [-0.05, 0) is 6.92 Å². The second-order valence-electron chi connectivity index (χ2n) is 2.67. The topological polar surface area (TPSA) is 34.1 Å². The number of Topliss-reactive ketones (excluding diaryl/α,β-unsaturated/α-hetero) is 2. The molecule has 0 spiro atoms. The Kier molecular flexibility index (Phi) is 5.88. The predicted molar refractivity (Wildman–Crippen MR) is 46.1 cm³/mol. The maximum Gasteiger partial charge on any atom is 1.00 e. The third kappa shape index (κ3) is 4.36. The molecule has 0 aromatic heterocycles. The van der Waals surface area contributed by atoms with Crippen LogP contribution in [0, 0.1) is 0 Å². The molecule has 1 aromatic rings. The Bertz CT molecular complexity index is 293. The molecule has 0 bridgehead atoms. The summed E-state index contributed by atoms with van der Waals surface area (Å²) in [5.41, 5.74) is 0.604. The molecule has 0 heterocycles. The van der Waals surface area contributed by atoms with E-state index in [9.17, 15) is 9.59 Å². The maximum atomic E-state index is 11.2. The monoisotopic (exact) mass is 185 g/mol. The second-order valence-corrected chi connectivity index (χ2v) is 2.67. The van der Waals surface area contributed by atoms with Crippen molar-refractivity contribution in [2.45, 2.75) is 13.3 Å². The molecule has 0 amide bonds. The fourth-order valence-electron chi connectivity index (χ4n) is 0.952. The molecule has 13 heavy (non-hydrogen) atoms. The average Bonchev–Trinajstić information content (AvgIpc) is 2.05. The Morgan fingerprint density at radius 1 is 1.15 bits per heavy atom. The van der Waals surface area contributed by atoms with E-state index in [0.717, 1.165) is 0 Å². The van der Waals surface area contributed by atoms with Gasteiger partial charge in [-0.3, -0.25) is 9.59 Å². The van der Waals surface area contributed by atoms with E-state index in [0.29, 0.717) is 5.56 Å². The molecule has 62 valence electrons. The van der Waals surface area contributed by atoms with Crippen LogP contribution in [0.15, 0.2) is 30.3 Å². The van der Waals surface area contributed by atoms with Gasteiger partial charge in [0, 0.05) is 5.56 Å². The van der Waals surface area contributed by atoms with Crippen molar-refractivity contribution in [3.05, 3.63) is 35.9 Å². The third-order valence-electron chi connectivity index (χ3n) is 1.51. The van der Waals surface area contributed by atoms with E-state index in [1.165, 1.54) is 6.92 Å². The fourth-order valence-corrected chi connectivity index (χ4v) is 0.952. The minimum atomic E-state index is -0.108. The molecule has 0 fully saturated rings. The molecule has 3 heteroatoms. The molecular weight excluding hydrogens is 175 g/mol. The first-order valence-corrected chi connectivity index (χ1v) is 3.78. The standard InChI is InChI=1S/C10H10O2.Na/c1-8(11)7-10(12)9-5-3-2-4-6-9;/h2-6H,7H2,1H3;/q;+1. The number of ketones is 2. The van der Waals surface area contributed by atoms with Crippen LogP contribution in [0.4, 0.5) is 0 Å². The first kappa shape index (κ1) is 12.6. The van der Waals surface area contributed by atoms with Crippen LogP contribution < -0.4 is 29.6 Å². The zero-order valence-electron chi connectivity index (χ0n) is 7.91. The molecular formula is C10H10NaO2+. The Morgan fingerprint density at radius 2 is 1.69 bits per heavy atom. The van der Waals surface area contributed by atoms with Gasteiger partial charge in [-0.25, -0.2) is 0 Å². The zero-order chi connectivity index (χ0) is 8.97. The van der Waals surface area contributed by atoms with Gasteiger partial charge in [0.25, 0.3) is 0 Å². The molecule has 0 saturated heterocycles. The van der Waals surface area contributed by atoms with E-state index in [4.69, 9.17) is 0 Å². The van der Waals surface area contributed by atoms with Gasteiger partial charge in [0.15, 0.2) is 5.78 Å². The van der Waals surface area contributed by atoms with Gasteiger partial charge in [-0.15, -0.1) is 0 Å². The van der Waals surface area contributed by atoms with Crippen molar-refractivity contribution in [1.29, 1.82) is 0 Å². The Hall–Kier alpha value is -0.440. The molecule has 0 atom stereocenters. The summed E-state index contributed by atoms with van der Waals surface area (Å²) in [6.45, 7) is 1.42. The number of benzene rings is 1. The van der Waals surface area contributed by atoms with Crippen LogP contribution in [0.2, 0.25) is 0 Å². The van der Waals surface area contributed by atoms with Gasteiger partial charge < -0.3 is 0 Å². The Morgan fingerprint density at radius 3 is 2.15 bits per heavy atom. The van der Waals surface area contributed by atoms with Crippen molar-refractivity contribution in [1.82, 2.24) is 0 Å². The second kappa shape index (κ2) is 6.08. The Labute approximate surface area is 99.6 Å². The number of hydrogen-bond donors (Lipinski definition) is 0. The normalized spacial score (nSPS) is 8.69. The first-order valence-electron chi connectivity index (χ1n) is 3.78. The molecule has 2 nitrogen and oxygen atoms in total. The SMILES string of the molecule is CC(=O)CC(=O)c1ccccc1.[Na+]. The van der Waals surface area contributed by atoms with Gasteiger partial charge in [0.05, 0.1) is 6.42 Å². The van der Waals surface area contributed by atoms with Gasteiger partial charge in [-0.2, -0.15) is 0 Å². The van der Waals surface area contributed by atoms with E-state index < -0.39 is 0 Å². The van der Waals surface area contributed by atoms with Crippen LogP contribution >= 0.6 is 0 Å². The minimum absolute atomic E-state index is 0. The summed E-state index contributed by atoms with van der Waals surface area (Å²) < 4.78 is 0. The van der Waals surface area contributed by atoms with Crippen LogP contribution in [0.3, 0.4) is 0 Å². The number of carbonyl (C=O) groups excluding carboxylic acids is 2. The molecule has 0 saturated carbocycles. The summed E-state index contributed by atoms with van der Waals surface area (Å²) in [4.78, 5) is 21.8. The molecule has 0 unspecified atom stereocenters. The molecule has 0 aliphatic heterocycles. The average molecular weight is 185 g/mol. The molecule has 0 aliphatic carbocycles. The summed E-state index contributed by atoms with van der Waals surface area (Å²) in [5, 5.41) is 0. The molecule has 1 rings (SSSR count). The molecule has 0 aliphatic rings. The van der Waals surface area contributed by atoms with Gasteiger partial charge in [0.1, 0.15) is 5.78 Å². The fraction of sp³-hybridized carbons (Fsp3) is 0.200. The van der Waals surface area contributed by atoms with Crippen LogP contribution in [-0.2, 0) is 4.79 Å². The molecule has 1 aromatic carbocycles. The van der Waals surface area contributed by atoms with Crippen molar-refractivity contribution < 1.29 is 39.1 Å². The minimum Gasteiger partial charge on any atom is -0.300 e. The summed E-state index contributed by atoms with van der Waals surface area (Å²) in [6, 6.07) is 8.84. The van der Waals surface area contributed by atoms with E-state index in [1.54, 1.807) is 24.3 Å². The van der Waals surface area contributed by atoms with Crippen molar-refractivity contribution in [3.8, 4) is 0 Å². The van der Waals surface area contributed by atoms with Gasteiger partial charge in [-0.1, -0.05) is 30.3 Å². The smallest absolute Gasteiger partial charge is 0.300 e. The first-order chi connectivity index (χ1) is 5.70. The van der Waals surface area contributed by atoms with Gasteiger partial charge >= 0.3 is 29.6 Å². The van der Waals surface area contributed by atoms with E-state index in [-0.39, 0.29) is 47.5 Å². The predicted octanol–water partition coefficient (Wildman–Crippen LogP) is -1.15. The van der Waals surface area contributed by atoms with Crippen LogP contribution in [0.25, 0.3) is 0 Å². The van der Waals surface area contributed by atoms with E-state index in [2.05, 4.69) is 0 Å². The summed E-state index contributed by atoms with van der Waals surface area (Å²) in [5.74, 6) is -0.202. The molecule has 0 radical (unpaired) electrons. The van der Waals surface area contributed by atoms with Crippen LogP contribution in [-0.4, -0.2) is 11.6 Å². The Balaban J connectivity index is 0.00000144. The largest absolute Gasteiger partial charge is 1.00 e. The maximum absolute atomic E-state index is 11.2. The number of hydrogen-bond acceptors (Lipinski definition) is 2. The molecule has 0 N–H and O–H groups in total. The van der Waals surface area contributed by atoms with E-state index in [1.807, 2.05) is 6.07 Å².